The van der Waals surface area contributed by atoms with Crippen LogP contribution in [-0.4, -0.2) is 30.7 Å². The standard InChI is InChI=1S/C14H16N4O/c1-15-13-8-14(17-9-16-13)18(2)11-3-4-12-10(7-11)5-6-19-12/h3-4,7-9H,5-6H2,1-2H3,(H,15,16,17). The van der Waals surface area contributed by atoms with Gasteiger partial charge >= 0.3 is 0 Å². The number of hydrogen-bond acceptors (Lipinski definition) is 5. The average molecular weight is 256 g/mol. The molecule has 3 rings (SSSR count). The molecule has 2 heterocycles. The van der Waals surface area contributed by atoms with Crippen molar-refractivity contribution in [1.29, 1.82) is 0 Å². The molecule has 1 aromatic heterocycles. The number of hydrogen-bond donors (Lipinski definition) is 1. The average Bonchev–Trinajstić information content (AvgIpc) is 2.94. The third-order valence-electron chi connectivity index (χ3n) is 3.31. The Hall–Kier alpha value is -2.30. The zero-order valence-corrected chi connectivity index (χ0v) is 11.1. The number of fused-ring (bicyclic) bond motifs is 1. The van der Waals surface area contributed by atoms with Crippen LogP contribution in [-0.2, 0) is 6.42 Å². The van der Waals surface area contributed by atoms with Crippen LogP contribution >= 0.6 is 0 Å². The summed E-state index contributed by atoms with van der Waals surface area (Å²) < 4.78 is 5.52. The van der Waals surface area contributed by atoms with E-state index in [2.05, 4.69) is 21.4 Å². The molecule has 0 atom stereocenters. The Morgan fingerprint density at radius 3 is 3.00 bits per heavy atom. The molecule has 1 N–H and O–H groups in total. The van der Waals surface area contributed by atoms with Crippen LogP contribution in [0.3, 0.4) is 0 Å². The molecule has 98 valence electrons. The second-order valence-electron chi connectivity index (χ2n) is 4.46. The molecule has 0 radical (unpaired) electrons. The molecule has 0 amide bonds. The smallest absolute Gasteiger partial charge is 0.138 e. The summed E-state index contributed by atoms with van der Waals surface area (Å²) in [7, 11) is 3.85. The first-order valence-corrected chi connectivity index (χ1v) is 6.27. The first-order chi connectivity index (χ1) is 9.28. The molecule has 5 heteroatoms. The third-order valence-corrected chi connectivity index (χ3v) is 3.31. The van der Waals surface area contributed by atoms with Gasteiger partial charge < -0.3 is 15.0 Å². The molecular weight excluding hydrogens is 240 g/mol. The summed E-state index contributed by atoms with van der Waals surface area (Å²) in [5, 5.41) is 3.02. The van der Waals surface area contributed by atoms with Gasteiger partial charge in [0, 0.05) is 32.3 Å². The van der Waals surface area contributed by atoms with Gasteiger partial charge in [0.25, 0.3) is 0 Å². The molecule has 0 unspecified atom stereocenters. The molecule has 0 saturated carbocycles. The fourth-order valence-electron chi connectivity index (χ4n) is 2.18. The van der Waals surface area contributed by atoms with Gasteiger partial charge in [0.05, 0.1) is 6.61 Å². The lowest BCUT2D eigenvalue weighted by atomic mass is 10.1. The van der Waals surface area contributed by atoms with Crippen LogP contribution in [0.25, 0.3) is 0 Å². The highest BCUT2D eigenvalue weighted by molar-refractivity contribution is 5.63. The van der Waals surface area contributed by atoms with Crippen molar-refractivity contribution in [2.45, 2.75) is 6.42 Å². The lowest BCUT2D eigenvalue weighted by Gasteiger charge is -2.19. The van der Waals surface area contributed by atoms with E-state index in [4.69, 9.17) is 4.74 Å². The number of nitrogens with zero attached hydrogens (tertiary/aromatic N) is 3. The van der Waals surface area contributed by atoms with Crippen molar-refractivity contribution < 1.29 is 4.74 Å². The minimum Gasteiger partial charge on any atom is -0.493 e. The lowest BCUT2D eigenvalue weighted by molar-refractivity contribution is 0.357. The van der Waals surface area contributed by atoms with Gasteiger partial charge in [0.2, 0.25) is 0 Å². The molecule has 1 aliphatic heterocycles. The SMILES string of the molecule is CNc1cc(N(C)c2ccc3c(c2)CCO3)ncn1. The number of nitrogens with one attached hydrogen (secondary N) is 1. The highest BCUT2D eigenvalue weighted by Gasteiger charge is 2.14. The Labute approximate surface area is 112 Å². The van der Waals surface area contributed by atoms with Crippen LogP contribution in [0.4, 0.5) is 17.3 Å². The minimum absolute atomic E-state index is 0.778. The van der Waals surface area contributed by atoms with Crippen LogP contribution < -0.4 is 15.0 Å². The Morgan fingerprint density at radius 1 is 1.26 bits per heavy atom. The molecule has 0 bridgehead atoms. The maximum atomic E-state index is 5.52. The zero-order valence-electron chi connectivity index (χ0n) is 11.1. The summed E-state index contributed by atoms with van der Waals surface area (Å²) in [6.07, 6.45) is 2.54. The van der Waals surface area contributed by atoms with Crippen molar-refractivity contribution in [1.82, 2.24) is 9.97 Å². The second kappa shape index (κ2) is 4.76. The third kappa shape index (κ3) is 2.19. The van der Waals surface area contributed by atoms with Crippen LogP contribution in [0.15, 0.2) is 30.6 Å². The van der Waals surface area contributed by atoms with Crippen molar-refractivity contribution in [3.63, 3.8) is 0 Å². The van der Waals surface area contributed by atoms with E-state index in [1.165, 1.54) is 5.56 Å². The molecular formula is C14H16N4O. The van der Waals surface area contributed by atoms with Gasteiger partial charge in [-0.15, -0.1) is 0 Å². The highest BCUT2D eigenvalue weighted by Crippen LogP contribution is 2.31. The summed E-state index contributed by atoms with van der Waals surface area (Å²) >= 11 is 0. The topological polar surface area (TPSA) is 50.3 Å². The van der Waals surface area contributed by atoms with Crippen molar-refractivity contribution in [2.75, 3.05) is 30.9 Å². The first kappa shape index (κ1) is 11.8. The van der Waals surface area contributed by atoms with Crippen LogP contribution in [0.5, 0.6) is 5.75 Å². The van der Waals surface area contributed by atoms with Crippen molar-refractivity contribution in [3.8, 4) is 5.75 Å². The lowest BCUT2D eigenvalue weighted by Crippen LogP contribution is -2.12. The zero-order chi connectivity index (χ0) is 13.2. The monoisotopic (exact) mass is 256 g/mol. The van der Waals surface area contributed by atoms with E-state index in [9.17, 15) is 0 Å². The quantitative estimate of drug-likeness (QED) is 0.912. The first-order valence-electron chi connectivity index (χ1n) is 6.27. The normalized spacial score (nSPS) is 12.7. The number of ether oxygens (including phenoxy) is 1. The van der Waals surface area contributed by atoms with Gasteiger partial charge in [0.1, 0.15) is 23.7 Å². The predicted octanol–water partition coefficient (Wildman–Crippen LogP) is 2.22. The second-order valence-corrected chi connectivity index (χ2v) is 4.46. The van der Waals surface area contributed by atoms with E-state index >= 15 is 0 Å². The molecule has 0 aliphatic carbocycles. The van der Waals surface area contributed by atoms with Crippen LogP contribution in [0.2, 0.25) is 0 Å². The van der Waals surface area contributed by atoms with Crippen molar-refractivity contribution >= 4 is 17.3 Å². The highest BCUT2D eigenvalue weighted by atomic mass is 16.5. The Balaban J connectivity index is 1.92. The van der Waals surface area contributed by atoms with E-state index in [0.29, 0.717) is 0 Å². The Kier molecular flexibility index (Phi) is 2.95. The van der Waals surface area contributed by atoms with Crippen molar-refractivity contribution in [2.24, 2.45) is 0 Å². The number of aromatic nitrogens is 2. The van der Waals surface area contributed by atoms with Gasteiger partial charge in [-0.1, -0.05) is 0 Å². The largest absolute Gasteiger partial charge is 0.493 e. The fraction of sp³-hybridized carbons (Fsp3) is 0.286. The van der Waals surface area contributed by atoms with E-state index in [1.807, 2.05) is 37.2 Å². The van der Waals surface area contributed by atoms with Gasteiger partial charge in [-0.25, -0.2) is 9.97 Å². The predicted molar refractivity (Wildman–Crippen MR) is 75.3 cm³/mol. The molecule has 1 aliphatic rings. The van der Waals surface area contributed by atoms with Gasteiger partial charge in [0.15, 0.2) is 0 Å². The van der Waals surface area contributed by atoms with Crippen LogP contribution in [0.1, 0.15) is 5.56 Å². The molecule has 0 fully saturated rings. The van der Waals surface area contributed by atoms with Crippen LogP contribution in [0, 0.1) is 0 Å². The summed E-state index contributed by atoms with van der Waals surface area (Å²) in [4.78, 5) is 10.5. The maximum Gasteiger partial charge on any atom is 0.138 e. The number of benzene rings is 1. The maximum absolute atomic E-state index is 5.52. The van der Waals surface area contributed by atoms with E-state index < -0.39 is 0 Å². The molecule has 19 heavy (non-hydrogen) atoms. The molecule has 1 aromatic carbocycles. The van der Waals surface area contributed by atoms with Gasteiger partial charge in [-0.3, -0.25) is 0 Å². The van der Waals surface area contributed by atoms with Gasteiger partial charge in [-0.2, -0.15) is 0 Å². The summed E-state index contributed by atoms with van der Waals surface area (Å²) in [6, 6.07) is 8.15. The van der Waals surface area contributed by atoms with Gasteiger partial charge in [-0.05, 0) is 23.8 Å². The summed E-state index contributed by atoms with van der Waals surface area (Å²) in [5.74, 6) is 2.66. The fourth-order valence-corrected chi connectivity index (χ4v) is 2.18. The molecule has 5 nitrogen and oxygen atoms in total. The molecule has 0 saturated heterocycles. The Morgan fingerprint density at radius 2 is 2.16 bits per heavy atom. The van der Waals surface area contributed by atoms with E-state index in [-0.39, 0.29) is 0 Å². The van der Waals surface area contributed by atoms with E-state index in [0.717, 1.165) is 36.1 Å². The summed E-state index contributed by atoms with van der Waals surface area (Å²) in [6.45, 7) is 0.778. The molecule has 2 aromatic rings. The van der Waals surface area contributed by atoms with Crippen molar-refractivity contribution in [3.05, 3.63) is 36.2 Å². The molecule has 0 spiro atoms. The number of rotatable bonds is 3. The minimum atomic E-state index is 0.778. The Bertz CT molecular complexity index is 600. The summed E-state index contributed by atoms with van der Waals surface area (Å²) in [5.41, 5.74) is 2.36. The van der Waals surface area contributed by atoms with E-state index in [1.54, 1.807) is 6.33 Å². The number of anilines is 3.